The van der Waals surface area contributed by atoms with Gasteiger partial charge in [-0.1, -0.05) is 26.0 Å². The number of benzene rings is 1. The van der Waals surface area contributed by atoms with Crippen molar-refractivity contribution in [2.45, 2.75) is 90.2 Å². The summed E-state index contributed by atoms with van der Waals surface area (Å²) in [6.07, 6.45) is 6.20. The van der Waals surface area contributed by atoms with Gasteiger partial charge in [0.1, 0.15) is 23.1 Å². The summed E-state index contributed by atoms with van der Waals surface area (Å²) in [6.45, 7) is 8.52. The molecule has 0 radical (unpaired) electrons. The first-order valence-electron chi connectivity index (χ1n) is 14.9. The van der Waals surface area contributed by atoms with E-state index in [0.29, 0.717) is 60.4 Å². The van der Waals surface area contributed by atoms with Crippen LogP contribution >= 0.6 is 0 Å². The van der Waals surface area contributed by atoms with Crippen molar-refractivity contribution >= 4 is 16.9 Å². The lowest BCUT2D eigenvalue weighted by Crippen LogP contribution is -2.40. The zero-order valence-electron chi connectivity index (χ0n) is 24.6. The average molecular weight is 574 g/mol. The maximum atomic E-state index is 16.2. The summed E-state index contributed by atoms with van der Waals surface area (Å²) in [4.78, 5) is 30.2. The lowest BCUT2D eigenvalue weighted by Gasteiger charge is -2.35. The molecule has 9 heteroatoms. The topological polar surface area (TPSA) is 84.1 Å². The number of pyridine rings is 2. The van der Waals surface area contributed by atoms with E-state index in [1.807, 2.05) is 19.9 Å². The van der Waals surface area contributed by atoms with Gasteiger partial charge >= 0.3 is 5.69 Å². The first-order valence-corrected chi connectivity index (χ1v) is 14.9. The molecule has 1 saturated heterocycles. The second kappa shape index (κ2) is 10.8. The highest BCUT2D eigenvalue weighted by atomic mass is 19.1. The number of aliphatic hydroxyl groups is 1. The molecule has 0 spiro atoms. The van der Waals surface area contributed by atoms with Crippen LogP contribution in [0.5, 0.6) is 0 Å². The molecule has 220 valence electrons. The standard InChI is InChI=1S/C33H37F2N5O2/c1-19(2)27-29-22(13-16-36-27)12-15-33(4,42)14-11-21-9-7-10-24(34)26(21)28-25(35)18-23-30(39-17-6-5-8-20(39)3)38-32(41)40(29)31(23)37-28/h7,9-10,13,16,18-20,42H,5-6,8,11-12,14-15,17H2,1-4H3/t20-,33?/m0/s1. The van der Waals surface area contributed by atoms with Crippen molar-refractivity contribution in [3.05, 3.63) is 75.5 Å². The van der Waals surface area contributed by atoms with Crippen molar-refractivity contribution in [1.29, 1.82) is 0 Å². The van der Waals surface area contributed by atoms with Crippen LogP contribution in [-0.2, 0) is 12.8 Å². The number of fused-ring (bicyclic) bond motifs is 5. The van der Waals surface area contributed by atoms with Gasteiger partial charge in [-0.15, -0.1) is 0 Å². The number of nitrogens with zero attached hydrogens (tertiary/aromatic N) is 5. The fourth-order valence-corrected chi connectivity index (χ4v) is 6.48. The van der Waals surface area contributed by atoms with Gasteiger partial charge in [0.25, 0.3) is 0 Å². The van der Waals surface area contributed by atoms with E-state index in [2.05, 4.69) is 21.8 Å². The van der Waals surface area contributed by atoms with Gasteiger partial charge in [-0.05, 0) is 94.0 Å². The number of halogens is 2. The van der Waals surface area contributed by atoms with Crippen molar-refractivity contribution in [2.75, 3.05) is 11.4 Å². The second-order valence-corrected chi connectivity index (χ2v) is 12.4. The summed E-state index contributed by atoms with van der Waals surface area (Å²) in [6, 6.07) is 7.95. The average Bonchev–Trinajstić information content (AvgIpc) is 2.95. The quantitative estimate of drug-likeness (QED) is 0.305. The van der Waals surface area contributed by atoms with Crippen LogP contribution in [0.2, 0.25) is 0 Å². The fraction of sp³-hybridized carbons (Fsp3) is 0.455. The highest BCUT2D eigenvalue weighted by molar-refractivity contribution is 5.90. The van der Waals surface area contributed by atoms with Crippen LogP contribution < -0.4 is 10.6 Å². The third-order valence-corrected chi connectivity index (χ3v) is 8.89. The lowest BCUT2D eigenvalue weighted by atomic mass is 9.88. The van der Waals surface area contributed by atoms with E-state index in [1.54, 1.807) is 25.3 Å². The zero-order valence-corrected chi connectivity index (χ0v) is 24.6. The SMILES string of the molecule is CC(C)c1nccc2c1-n1c(=O)nc(N3CCCC[C@@H]3C)c3cc(F)c(nc31)-c1c(F)cccc1CCC(C)(O)CC2. The normalized spacial score (nSPS) is 21.0. The Hall–Kier alpha value is -3.72. The van der Waals surface area contributed by atoms with E-state index in [4.69, 9.17) is 4.98 Å². The van der Waals surface area contributed by atoms with Crippen molar-refractivity contribution in [3.8, 4) is 16.9 Å². The molecule has 1 fully saturated rings. The number of aromatic nitrogens is 4. The fourth-order valence-electron chi connectivity index (χ4n) is 6.48. The van der Waals surface area contributed by atoms with Crippen molar-refractivity contribution in [1.82, 2.24) is 19.5 Å². The molecule has 6 rings (SSSR count). The largest absolute Gasteiger partial charge is 0.390 e. The molecule has 2 bridgehead atoms. The molecule has 2 aliphatic rings. The summed E-state index contributed by atoms with van der Waals surface area (Å²) in [5.41, 5.74) is 1.04. The third kappa shape index (κ3) is 4.97. The third-order valence-electron chi connectivity index (χ3n) is 8.89. The molecule has 0 aliphatic carbocycles. The molecule has 4 aromatic rings. The number of aryl methyl sites for hydroxylation is 2. The molecule has 2 atom stereocenters. The van der Waals surface area contributed by atoms with Gasteiger partial charge in [-0.3, -0.25) is 4.98 Å². The number of rotatable bonds is 2. The summed E-state index contributed by atoms with van der Waals surface area (Å²) < 4.78 is 33.2. The van der Waals surface area contributed by atoms with E-state index >= 15 is 8.78 Å². The van der Waals surface area contributed by atoms with Gasteiger partial charge in [-0.2, -0.15) is 4.98 Å². The van der Waals surface area contributed by atoms with Crippen LogP contribution in [0.3, 0.4) is 0 Å². The van der Waals surface area contributed by atoms with Crippen LogP contribution in [0, 0.1) is 11.6 Å². The number of anilines is 1. The zero-order chi connectivity index (χ0) is 29.8. The molecule has 3 aromatic heterocycles. The van der Waals surface area contributed by atoms with Crippen LogP contribution in [0.25, 0.3) is 28.0 Å². The highest BCUT2D eigenvalue weighted by Crippen LogP contribution is 2.37. The Balaban J connectivity index is 1.77. The Kier molecular flexibility index (Phi) is 7.33. The molecule has 0 saturated carbocycles. The van der Waals surface area contributed by atoms with Crippen molar-refractivity contribution in [2.24, 2.45) is 0 Å². The highest BCUT2D eigenvalue weighted by Gasteiger charge is 2.30. The maximum Gasteiger partial charge on any atom is 0.355 e. The second-order valence-electron chi connectivity index (χ2n) is 12.4. The Labute approximate surface area is 244 Å². The molecule has 0 amide bonds. The molecular weight excluding hydrogens is 536 g/mol. The van der Waals surface area contributed by atoms with Crippen LogP contribution in [-0.4, -0.2) is 42.8 Å². The van der Waals surface area contributed by atoms with Crippen molar-refractivity contribution in [3.63, 3.8) is 0 Å². The van der Waals surface area contributed by atoms with Crippen LogP contribution in [0.15, 0.2) is 41.3 Å². The van der Waals surface area contributed by atoms with Crippen LogP contribution in [0.4, 0.5) is 14.6 Å². The van der Waals surface area contributed by atoms with E-state index < -0.39 is 22.9 Å². The molecule has 1 N–H and O–H groups in total. The van der Waals surface area contributed by atoms with Gasteiger partial charge in [-0.25, -0.2) is 23.1 Å². The molecule has 1 aromatic carbocycles. The van der Waals surface area contributed by atoms with Gasteiger partial charge in [0.05, 0.1) is 22.4 Å². The minimum absolute atomic E-state index is 0.0474. The molecule has 5 heterocycles. The molecule has 42 heavy (non-hydrogen) atoms. The summed E-state index contributed by atoms with van der Waals surface area (Å²) >= 11 is 0. The molecular formula is C33H37F2N5O2. The number of hydrogen-bond acceptors (Lipinski definition) is 6. The van der Waals surface area contributed by atoms with E-state index in [-0.39, 0.29) is 28.9 Å². The minimum Gasteiger partial charge on any atom is -0.390 e. The van der Waals surface area contributed by atoms with Crippen molar-refractivity contribution < 1.29 is 13.9 Å². The monoisotopic (exact) mass is 573 g/mol. The first kappa shape index (κ1) is 28.4. The Morgan fingerprint density at radius 2 is 1.81 bits per heavy atom. The van der Waals surface area contributed by atoms with Crippen LogP contribution in [0.1, 0.15) is 82.5 Å². The predicted molar refractivity (Wildman–Crippen MR) is 160 cm³/mol. The number of piperidine rings is 1. The lowest BCUT2D eigenvalue weighted by molar-refractivity contribution is 0.0426. The van der Waals surface area contributed by atoms with Gasteiger partial charge in [0.2, 0.25) is 0 Å². The van der Waals surface area contributed by atoms with Gasteiger partial charge < -0.3 is 10.0 Å². The van der Waals surface area contributed by atoms with Gasteiger partial charge in [0.15, 0.2) is 5.65 Å². The molecule has 7 nitrogen and oxygen atoms in total. The Morgan fingerprint density at radius 3 is 2.55 bits per heavy atom. The van der Waals surface area contributed by atoms with E-state index in [9.17, 15) is 9.90 Å². The van der Waals surface area contributed by atoms with E-state index in [0.717, 1.165) is 24.8 Å². The maximum absolute atomic E-state index is 16.2. The Bertz CT molecular complexity index is 1730. The summed E-state index contributed by atoms with van der Waals surface area (Å²) in [5, 5.41) is 11.8. The molecule has 2 aliphatic heterocycles. The minimum atomic E-state index is -1.09. The molecule has 1 unspecified atom stereocenters. The summed E-state index contributed by atoms with van der Waals surface area (Å²) in [5.74, 6) is -0.957. The van der Waals surface area contributed by atoms with Gasteiger partial charge in [0, 0.05) is 24.3 Å². The predicted octanol–water partition coefficient (Wildman–Crippen LogP) is 6.25. The summed E-state index contributed by atoms with van der Waals surface area (Å²) in [7, 11) is 0. The first-order chi connectivity index (χ1) is 20.1. The van der Waals surface area contributed by atoms with E-state index in [1.165, 1.54) is 16.7 Å². The number of hydrogen-bond donors (Lipinski definition) is 1. The Morgan fingerprint density at radius 1 is 1.05 bits per heavy atom. The smallest absolute Gasteiger partial charge is 0.355 e.